The highest BCUT2D eigenvalue weighted by molar-refractivity contribution is 6.43. The number of rotatable bonds is 8. The molecule has 0 spiro atoms. The minimum atomic E-state index is -1.12. The van der Waals surface area contributed by atoms with Crippen molar-refractivity contribution in [1.29, 1.82) is 0 Å². The molecule has 1 heterocycles. The van der Waals surface area contributed by atoms with Crippen LogP contribution in [-0.2, 0) is 23.2 Å². The van der Waals surface area contributed by atoms with Crippen LogP contribution in [0.15, 0.2) is 66.9 Å². The second-order valence-electron chi connectivity index (χ2n) is 6.67. The van der Waals surface area contributed by atoms with Gasteiger partial charge in [0.15, 0.2) is 0 Å². The predicted octanol–water partition coefficient (Wildman–Crippen LogP) is 2.30. The highest BCUT2D eigenvalue weighted by Gasteiger charge is 2.28. The van der Waals surface area contributed by atoms with Crippen LogP contribution in [0.4, 0.5) is 0 Å². The van der Waals surface area contributed by atoms with Crippen LogP contribution in [0.3, 0.4) is 0 Å². The van der Waals surface area contributed by atoms with E-state index in [0.29, 0.717) is 17.9 Å². The molecule has 31 heavy (non-hydrogen) atoms. The number of likely N-dealkylation sites (N-methyl/N-ethyl adjacent to an activating group) is 1. The molecule has 9 nitrogen and oxygen atoms in total. The largest absolute Gasteiger partial charge is 0.478 e. The Morgan fingerprint density at radius 1 is 1.10 bits per heavy atom. The lowest BCUT2D eigenvalue weighted by Crippen LogP contribution is -2.34. The number of carboxylic acids is 1. The maximum atomic E-state index is 12.9. The van der Waals surface area contributed by atoms with Gasteiger partial charge in [0.2, 0.25) is 0 Å². The van der Waals surface area contributed by atoms with E-state index in [4.69, 9.17) is 9.84 Å². The molecule has 158 valence electrons. The van der Waals surface area contributed by atoms with Gasteiger partial charge < -0.3 is 14.7 Å². The molecule has 0 atom stereocenters. The van der Waals surface area contributed by atoms with Crippen molar-refractivity contribution >= 4 is 17.7 Å². The van der Waals surface area contributed by atoms with Gasteiger partial charge in [-0.1, -0.05) is 35.5 Å². The van der Waals surface area contributed by atoms with Gasteiger partial charge in [0, 0.05) is 26.2 Å². The molecule has 2 aromatic carbocycles. The van der Waals surface area contributed by atoms with Gasteiger partial charge in [-0.05, 0) is 29.8 Å². The van der Waals surface area contributed by atoms with E-state index in [1.54, 1.807) is 38.4 Å². The molecular weight excluding hydrogens is 400 g/mol. The van der Waals surface area contributed by atoms with Crippen LogP contribution in [0, 0.1) is 0 Å². The Hall–Kier alpha value is -4.27. The Kier molecular flexibility index (Phi) is 6.56. The summed E-state index contributed by atoms with van der Waals surface area (Å²) in [5.41, 5.74) is 1.80. The summed E-state index contributed by atoms with van der Waals surface area (Å²) >= 11 is 0. The van der Waals surface area contributed by atoms with E-state index in [2.05, 4.69) is 10.3 Å². The van der Waals surface area contributed by atoms with Crippen molar-refractivity contribution in [2.45, 2.75) is 6.54 Å². The van der Waals surface area contributed by atoms with Crippen molar-refractivity contribution < 1.29 is 24.2 Å². The van der Waals surface area contributed by atoms with Crippen LogP contribution < -0.4 is 4.74 Å². The van der Waals surface area contributed by atoms with Crippen molar-refractivity contribution in [1.82, 2.24) is 19.9 Å². The lowest BCUT2D eigenvalue weighted by molar-refractivity contribution is -0.131. The SMILES string of the molecule is CN(Cc1ccccc1)C(=O)C(=O)c1c(-c2ccc(O/C=C/C(=O)O)cc2)nnn1C. The van der Waals surface area contributed by atoms with Gasteiger partial charge in [-0.2, -0.15) is 0 Å². The summed E-state index contributed by atoms with van der Waals surface area (Å²) in [5.74, 6) is -2.11. The first-order chi connectivity index (χ1) is 14.9. The molecule has 0 aliphatic heterocycles. The average molecular weight is 420 g/mol. The summed E-state index contributed by atoms with van der Waals surface area (Å²) in [6.07, 6.45) is 1.92. The number of carbonyl (C=O) groups excluding carboxylic acids is 2. The van der Waals surface area contributed by atoms with Gasteiger partial charge in [-0.25, -0.2) is 9.48 Å². The Balaban J connectivity index is 1.79. The molecule has 1 amide bonds. The molecule has 0 unspecified atom stereocenters. The van der Waals surface area contributed by atoms with Crippen LogP contribution in [0.1, 0.15) is 16.1 Å². The number of carboxylic acid groups (broad SMARTS) is 1. The molecule has 1 aromatic heterocycles. The lowest BCUT2D eigenvalue weighted by atomic mass is 10.1. The lowest BCUT2D eigenvalue weighted by Gasteiger charge is -2.16. The summed E-state index contributed by atoms with van der Waals surface area (Å²) in [7, 11) is 3.11. The number of carbonyl (C=O) groups is 3. The summed E-state index contributed by atoms with van der Waals surface area (Å²) in [5, 5.41) is 16.5. The zero-order valence-corrected chi connectivity index (χ0v) is 16.9. The summed E-state index contributed by atoms with van der Waals surface area (Å²) < 4.78 is 6.46. The van der Waals surface area contributed by atoms with Gasteiger partial charge in [0.05, 0.1) is 12.3 Å². The molecule has 0 saturated heterocycles. The highest BCUT2D eigenvalue weighted by atomic mass is 16.5. The van der Waals surface area contributed by atoms with Crippen LogP contribution in [-0.4, -0.2) is 49.7 Å². The summed E-state index contributed by atoms with van der Waals surface area (Å²) in [6.45, 7) is 0.294. The van der Waals surface area contributed by atoms with E-state index in [0.717, 1.165) is 17.9 Å². The van der Waals surface area contributed by atoms with Crippen molar-refractivity contribution in [2.24, 2.45) is 7.05 Å². The number of nitrogens with zero attached hydrogens (tertiary/aromatic N) is 4. The van der Waals surface area contributed by atoms with E-state index in [-0.39, 0.29) is 11.4 Å². The quantitative estimate of drug-likeness (QED) is 0.257. The van der Waals surface area contributed by atoms with Crippen molar-refractivity contribution in [3.05, 3.63) is 78.2 Å². The van der Waals surface area contributed by atoms with E-state index in [1.165, 1.54) is 9.58 Å². The Morgan fingerprint density at radius 3 is 2.42 bits per heavy atom. The molecule has 0 aliphatic carbocycles. The second-order valence-corrected chi connectivity index (χ2v) is 6.67. The van der Waals surface area contributed by atoms with E-state index < -0.39 is 17.7 Å². The first-order valence-electron chi connectivity index (χ1n) is 9.26. The Bertz CT molecular complexity index is 1120. The smallest absolute Gasteiger partial charge is 0.331 e. The number of ketones is 1. The standard InChI is InChI=1S/C22H20N4O5/c1-25(14-15-6-4-3-5-7-15)22(30)21(29)20-19(23-24-26(20)2)16-8-10-17(11-9-16)31-13-12-18(27)28/h3-13H,14H2,1-2H3,(H,27,28)/b13-12+. The van der Waals surface area contributed by atoms with Gasteiger partial charge in [0.25, 0.3) is 11.7 Å². The third-order valence-corrected chi connectivity index (χ3v) is 4.39. The zero-order valence-electron chi connectivity index (χ0n) is 16.9. The second kappa shape index (κ2) is 9.49. The number of ether oxygens (including phenoxy) is 1. The van der Waals surface area contributed by atoms with Gasteiger partial charge in [-0.3, -0.25) is 9.59 Å². The number of Topliss-reactive ketones (excluding diaryl/α,β-unsaturated/α-hetero) is 1. The molecule has 9 heteroatoms. The Morgan fingerprint density at radius 2 is 1.77 bits per heavy atom. The fourth-order valence-electron chi connectivity index (χ4n) is 2.87. The number of aliphatic carboxylic acids is 1. The monoisotopic (exact) mass is 420 g/mol. The summed E-state index contributed by atoms with van der Waals surface area (Å²) in [6, 6.07) is 15.8. The van der Waals surface area contributed by atoms with Crippen LogP contribution in [0.25, 0.3) is 11.3 Å². The van der Waals surface area contributed by atoms with Crippen molar-refractivity contribution in [2.75, 3.05) is 7.05 Å². The van der Waals surface area contributed by atoms with E-state index >= 15 is 0 Å². The fraction of sp³-hybridized carbons (Fsp3) is 0.136. The van der Waals surface area contributed by atoms with Gasteiger partial charge in [0.1, 0.15) is 17.1 Å². The molecule has 3 aromatic rings. The molecular formula is C22H20N4O5. The van der Waals surface area contributed by atoms with E-state index in [1.807, 2.05) is 30.3 Å². The first-order valence-corrected chi connectivity index (χ1v) is 9.26. The molecule has 0 aliphatic rings. The topological polar surface area (TPSA) is 115 Å². The molecule has 0 saturated carbocycles. The number of amides is 1. The minimum Gasteiger partial charge on any atom is -0.478 e. The Labute approximate surface area is 178 Å². The highest BCUT2D eigenvalue weighted by Crippen LogP contribution is 2.24. The predicted molar refractivity (Wildman–Crippen MR) is 111 cm³/mol. The van der Waals surface area contributed by atoms with Crippen LogP contribution in [0.2, 0.25) is 0 Å². The average Bonchev–Trinajstić information content (AvgIpc) is 3.15. The maximum absolute atomic E-state index is 12.9. The van der Waals surface area contributed by atoms with Crippen LogP contribution >= 0.6 is 0 Å². The number of hydrogen-bond acceptors (Lipinski definition) is 6. The molecule has 3 rings (SSSR count). The minimum absolute atomic E-state index is 0.0735. The van der Waals surface area contributed by atoms with Crippen molar-refractivity contribution in [3.8, 4) is 17.0 Å². The van der Waals surface area contributed by atoms with Crippen LogP contribution in [0.5, 0.6) is 5.75 Å². The van der Waals surface area contributed by atoms with Gasteiger partial charge in [-0.15, -0.1) is 5.10 Å². The zero-order chi connectivity index (χ0) is 22.4. The molecule has 0 bridgehead atoms. The molecule has 0 radical (unpaired) electrons. The third-order valence-electron chi connectivity index (χ3n) is 4.39. The first kappa shape index (κ1) is 21.4. The summed E-state index contributed by atoms with van der Waals surface area (Å²) in [4.78, 5) is 37.5. The number of aromatic nitrogens is 3. The third kappa shape index (κ3) is 5.21. The number of aryl methyl sites for hydroxylation is 1. The number of benzene rings is 2. The van der Waals surface area contributed by atoms with E-state index in [9.17, 15) is 14.4 Å². The molecule has 1 N–H and O–H groups in total. The van der Waals surface area contributed by atoms with Crippen molar-refractivity contribution in [3.63, 3.8) is 0 Å². The maximum Gasteiger partial charge on any atom is 0.331 e. The van der Waals surface area contributed by atoms with Gasteiger partial charge >= 0.3 is 5.97 Å². The molecule has 0 fully saturated rings. The fourth-order valence-corrected chi connectivity index (χ4v) is 2.87. The normalized spacial score (nSPS) is 10.8. The number of hydrogen-bond donors (Lipinski definition) is 1.